The van der Waals surface area contributed by atoms with Gasteiger partial charge in [-0.15, -0.1) is 11.3 Å². The normalized spacial score (nSPS) is 11.3. The summed E-state index contributed by atoms with van der Waals surface area (Å²) in [6.45, 7) is 0. The molecule has 0 nitrogen and oxygen atoms in total. The van der Waals surface area contributed by atoms with E-state index in [0.717, 1.165) is 4.47 Å². The number of hydrogen-bond acceptors (Lipinski definition) is 1. The summed E-state index contributed by atoms with van der Waals surface area (Å²) >= 11 is 7.74. The molecule has 0 aliphatic carbocycles. The molecule has 3 rings (SSSR count). The van der Waals surface area contributed by atoms with Crippen molar-refractivity contribution in [2.75, 3.05) is 0 Å². The molecule has 0 unspecified atom stereocenters. The van der Waals surface area contributed by atoms with Crippen molar-refractivity contribution in [1.29, 1.82) is 0 Å². The van der Waals surface area contributed by atoms with Gasteiger partial charge in [0.05, 0.1) is 0 Å². The number of hydrogen-bond donors (Lipinski definition) is 0. The average Bonchev–Trinajstić information content (AvgIpc) is 2.54. The fourth-order valence-electron chi connectivity index (χ4n) is 1.72. The van der Waals surface area contributed by atoms with E-state index in [2.05, 4.69) is 74.9 Å². The van der Waals surface area contributed by atoms with Crippen LogP contribution in [0.3, 0.4) is 0 Å². The van der Waals surface area contributed by atoms with Crippen molar-refractivity contribution in [2.45, 2.75) is 0 Å². The van der Waals surface area contributed by atoms with E-state index in [4.69, 9.17) is 0 Å². The third kappa shape index (κ3) is 1.70. The molecule has 0 fully saturated rings. The summed E-state index contributed by atoms with van der Waals surface area (Å²) in [6, 6.07) is 13.1. The lowest BCUT2D eigenvalue weighted by molar-refractivity contribution is 1.75. The van der Waals surface area contributed by atoms with E-state index >= 15 is 0 Å². The van der Waals surface area contributed by atoms with Gasteiger partial charge in [-0.1, -0.05) is 22.0 Å². The maximum atomic E-state index is 3.52. The molecule has 0 aliphatic rings. The van der Waals surface area contributed by atoms with Gasteiger partial charge >= 0.3 is 0 Å². The van der Waals surface area contributed by atoms with Crippen molar-refractivity contribution >= 4 is 70.0 Å². The van der Waals surface area contributed by atoms with Gasteiger partial charge in [-0.25, -0.2) is 0 Å². The molecule has 0 saturated carbocycles. The molecule has 0 bridgehead atoms. The molecule has 0 radical (unpaired) electrons. The number of benzene rings is 2. The van der Waals surface area contributed by atoms with E-state index in [1.807, 2.05) is 11.3 Å². The van der Waals surface area contributed by atoms with Gasteiger partial charge < -0.3 is 0 Å². The van der Waals surface area contributed by atoms with Crippen LogP contribution in [0.2, 0.25) is 0 Å². The minimum Gasteiger partial charge on any atom is -0.135 e. The first kappa shape index (κ1) is 10.1. The highest BCUT2D eigenvalue weighted by atomic mass is 127. The predicted molar refractivity (Wildman–Crippen MR) is 79.7 cm³/mol. The number of rotatable bonds is 0. The molecule has 0 N–H and O–H groups in total. The molecule has 3 aromatic rings. The Hall–Kier alpha value is -0.130. The minimum atomic E-state index is 1.15. The van der Waals surface area contributed by atoms with E-state index in [9.17, 15) is 0 Å². The fourth-order valence-corrected chi connectivity index (χ4v) is 3.91. The van der Waals surface area contributed by atoms with Crippen molar-refractivity contribution < 1.29 is 0 Å². The molecule has 15 heavy (non-hydrogen) atoms. The van der Waals surface area contributed by atoms with Crippen LogP contribution in [0.25, 0.3) is 20.2 Å². The van der Waals surface area contributed by atoms with E-state index in [0.29, 0.717) is 0 Å². The Labute approximate surface area is 114 Å². The van der Waals surface area contributed by atoms with E-state index < -0.39 is 0 Å². The molecule has 1 heterocycles. The quantitative estimate of drug-likeness (QED) is 0.451. The largest absolute Gasteiger partial charge is 0.135 e. The lowest BCUT2D eigenvalue weighted by Crippen LogP contribution is -1.69. The second kappa shape index (κ2) is 3.71. The highest BCUT2D eigenvalue weighted by Gasteiger charge is 2.05. The minimum absolute atomic E-state index is 1.15. The van der Waals surface area contributed by atoms with Gasteiger partial charge in [0.1, 0.15) is 0 Å². The summed E-state index contributed by atoms with van der Waals surface area (Å²) in [5, 5.41) is 2.71. The SMILES string of the molecule is Brc1ccc2sc3cc(I)ccc3c2c1. The van der Waals surface area contributed by atoms with Crippen molar-refractivity contribution in [3.63, 3.8) is 0 Å². The van der Waals surface area contributed by atoms with Crippen molar-refractivity contribution in [3.05, 3.63) is 44.4 Å². The maximum absolute atomic E-state index is 3.52. The highest BCUT2D eigenvalue weighted by molar-refractivity contribution is 14.1. The Morgan fingerprint density at radius 1 is 0.933 bits per heavy atom. The molecule has 0 atom stereocenters. The second-order valence-corrected chi connectivity index (χ2v) is 6.63. The van der Waals surface area contributed by atoms with E-state index in [1.165, 1.54) is 23.7 Å². The molecule has 3 heteroatoms. The lowest BCUT2D eigenvalue weighted by Gasteiger charge is -1.93. The van der Waals surface area contributed by atoms with Crippen LogP contribution in [0.4, 0.5) is 0 Å². The Balaban J connectivity index is 2.53. The summed E-state index contributed by atoms with van der Waals surface area (Å²) < 4.78 is 5.17. The topological polar surface area (TPSA) is 0 Å². The van der Waals surface area contributed by atoms with Gasteiger partial charge in [0.2, 0.25) is 0 Å². The Morgan fingerprint density at radius 2 is 1.80 bits per heavy atom. The molecule has 0 spiro atoms. The zero-order valence-corrected chi connectivity index (χ0v) is 12.2. The molecule has 2 aromatic carbocycles. The van der Waals surface area contributed by atoms with Gasteiger partial charge in [0, 0.05) is 28.2 Å². The third-order valence-electron chi connectivity index (χ3n) is 2.40. The monoisotopic (exact) mass is 388 g/mol. The Bertz CT molecular complexity index is 657. The van der Waals surface area contributed by atoms with Crippen molar-refractivity contribution in [2.24, 2.45) is 0 Å². The van der Waals surface area contributed by atoms with Gasteiger partial charge in [0.25, 0.3) is 0 Å². The molecular weight excluding hydrogens is 383 g/mol. The van der Waals surface area contributed by atoms with E-state index in [-0.39, 0.29) is 0 Å². The van der Waals surface area contributed by atoms with Gasteiger partial charge in [-0.3, -0.25) is 0 Å². The first-order valence-corrected chi connectivity index (χ1v) is 7.20. The smallest absolute Gasteiger partial charge is 0.0365 e. The van der Waals surface area contributed by atoms with Gasteiger partial charge in [0.15, 0.2) is 0 Å². The summed E-state index contributed by atoms with van der Waals surface area (Å²) in [7, 11) is 0. The molecule has 74 valence electrons. The number of thiophene rings is 1. The number of halogens is 2. The van der Waals surface area contributed by atoms with Crippen LogP contribution < -0.4 is 0 Å². The average molecular weight is 389 g/mol. The molecule has 0 amide bonds. The fraction of sp³-hybridized carbons (Fsp3) is 0. The first-order valence-electron chi connectivity index (χ1n) is 4.51. The summed E-state index contributed by atoms with van der Waals surface area (Å²) in [4.78, 5) is 0. The zero-order chi connectivity index (χ0) is 10.4. The van der Waals surface area contributed by atoms with Gasteiger partial charge in [-0.05, 0) is 52.9 Å². The molecule has 1 aromatic heterocycles. The van der Waals surface area contributed by atoms with Crippen LogP contribution in [0.1, 0.15) is 0 Å². The first-order chi connectivity index (χ1) is 7.24. The van der Waals surface area contributed by atoms with Crippen LogP contribution in [-0.2, 0) is 0 Å². The summed E-state index contributed by atoms with van der Waals surface area (Å²) in [5.74, 6) is 0. The molecule has 0 saturated heterocycles. The zero-order valence-electron chi connectivity index (χ0n) is 7.63. The van der Waals surface area contributed by atoms with Crippen molar-refractivity contribution in [3.8, 4) is 0 Å². The van der Waals surface area contributed by atoms with Crippen LogP contribution in [0.15, 0.2) is 40.9 Å². The highest BCUT2D eigenvalue weighted by Crippen LogP contribution is 2.35. The second-order valence-electron chi connectivity index (χ2n) is 3.38. The van der Waals surface area contributed by atoms with Crippen LogP contribution in [0, 0.1) is 3.57 Å². The maximum Gasteiger partial charge on any atom is 0.0365 e. The molecular formula is C12H6BrIS. The lowest BCUT2D eigenvalue weighted by atomic mass is 10.2. The summed E-state index contributed by atoms with van der Waals surface area (Å²) in [6.07, 6.45) is 0. The number of fused-ring (bicyclic) bond motifs is 3. The summed E-state index contributed by atoms with van der Waals surface area (Å²) in [5.41, 5.74) is 0. The van der Waals surface area contributed by atoms with Crippen LogP contribution >= 0.6 is 49.9 Å². The van der Waals surface area contributed by atoms with Crippen LogP contribution in [0.5, 0.6) is 0 Å². The predicted octanol–water partition coefficient (Wildman–Crippen LogP) is 5.42. The van der Waals surface area contributed by atoms with Crippen molar-refractivity contribution in [1.82, 2.24) is 0 Å². The molecule has 0 aliphatic heterocycles. The standard InChI is InChI=1S/C12H6BrIS/c13-7-1-4-11-10(5-7)9-3-2-8(14)6-12(9)15-11/h1-6H. The van der Waals surface area contributed by atoms with Crippen LogP contribution in [-0.4, -0.2) is 0 Å². The third-order valence-corrected chi connectivity index (χ3v) is 4.69. The Morgan fingerprint density at radius 3 is 2.67 bits per heavy atom. The Kier molecular flexibility index (Phi) is 2.49. The van der Waals surface area contributed by atoms with Gasteiger partial charge in [-0.2, -0.15) is 0 Å². The van der Waals surface area contributed by atoms with E-state index in [1.54, 1.807) is 0 Å².